The molecule has 0 spiro atoms. The van der Waals surface area contributed by atoms with Crippen LogP contribution in [0.1, 0.15) is 30.6 Å². The van der Waals surface area contributed by atoms with Crippen LogP contribution in [0.2, 0.25) is 0 Å². The van der Waals surface area contributed by atoms with Gasteiger partial charge in [-0.15, -0.1) is 0 Å². The second-order valence-electron chi connectivity index (χ2n) is 6.74. The maximum absolute atomic E-state index is 12.3. The average molecular weight is 406 g/mol. The highest BCUT2D eigenvalue weighted by Gasteiger charge is 2.10. The van der Waals surface area contributed by atoms with Crippen molar-refractivity contribution in [1.29, 1.82) is 0 Å². The molecule has 0 bridgehead atoms. The molecule has 0 saturated heterocycles. The first-order valence-corrected chi connectivity index (χ1v) is 9.98. The molecular formula is C22H26N6O2. The summed E-state index contributed by atoms with van der Waals surface area (Å²) in [5, 5.41) is 9.47. The topological polar surface area (TPSA) is 92.2 Å². The van der Waals surface area contributed by atoms with Crippen LogP contribution in [-0.4, -0.2) is 46.2 Å². The summed E-state index contributed by atoms with van der Waals surface area (Å²) in [5.41, 5.74) is 3.08. The number of nitrogens with one attached hydrogen (secondary N) is 2. The van der Waals surface area contributed by atoms with E-state index in [2.05, 4.69) is 39.5 Å². The predicted molar refractivity (Wildman–Crippen MR) is 117 cm³/mol. The molecule has 2 N–H and O–H groups in total. The van der Waals surface area contributed by atoms with Gasteiger partial charge in [0.05, 0.1) is 12.2 Å². The lowest BCUT2D eigenvalue weighted by Crippen LogP contribution is -2.32. The van der Waals surface area contributed by atoms with Crippen LogP contribution in [0.15, 0.2) is 61.2 Å². The van der Waals surface area contributed by atoms with E-state index in [4.69, 9.17) is 0 Å². The first-order chi connectivity index (χ1) is 14.6. The van der Waals surface area contributed by atoms with E-state index in [1.807, 2.05) is 24.3 Å². The second kappa shape index (κ2) is 10.2. The van der Waals surface area contributed by atoms with Gasteiger partial charge in [0.25, 0.3) is 5.91 Å². The van der Waals surface area contributed by atoms with E-state index in [1.165, 1.54) is 6.33 Å². The highest BCUT2D eigenvalue weighted by atomic mass is 16.2. The van der Waals surface area contributed by atoms with Gasteiger partial charge in [0.1, 0.15) is 12.7 Å². The fourth-order valence-corrected chi connectivity index (χ4v) is 3.07. The molecule has 156 valence electrons. The van der Waals surface area contributed by atoms with Gasteiger partial charge in [-0.2, -0.15) is 5.10 Å². The lowest BCUT2D eigenvalue weighted by molar-refractivity contribution is -0.115. The fourth-order valence-electron chi connectivity index (χ4n) is 3.07. The Balaban J connectivity index is 1.50. The second-order valence-corrected chi connectivity index (χ2v) is 6.74. The molecule has 0 unspecified atom stereocenters. The number of hydrogen-bond acceptors (Lipinski definition) is 5. The van der Waals surface area contributed by atoms with Gasteiger partial charge in [-0.1, -0.05) is 6.92 Å². The number of aromatic nitrogens is 3. The van der Waals surface area contributed by atoms with Gasteiger partial charge in [-0.3, -0.25) is 9.59 Å². The molecule has 0 fully saturated rings. The van der Waals surface area contributed by atoms with E-state index >= 15 is 0 Å². The zero-order valence-corrected chi connectivity index (χ0v) is 17.2. The van der Waals surface area contributed by atoms with E-state index in [0.717, 1.165) is 30.9 Å². The van der Waals surface area contributed by atoms with Crippen LogP contribution in [-0.2, 0) is 4.79 Å². The molecule has 0 aliphatic heterocycles. The molecule has 3 aromatic rings. The van der Waals surface area contributed by atoms with E-state index in [1.54, 1.807) is 35.3 Å². The highest BCUT2D eigenvalue weighted by Crippen LogP contribution is 2.16. The first-order valence-electron chi connectivity index (χ1n) is 9.98. The molecule has 8 nitrogen and oxygen atoms in total. The SMILES string of the molecule is CCCN(CC)c1ccc(C(=O)NCC(=O)Nc2ccc(-n3cncn3)cc2)cc1. The minimum atomic E-state index is -0.298. The van der Waals surface area contributed by atoms with Crippen molar-refractivity contribution in [2.24, 2.45) is 0 Å². The Morgan fingerprint density at radius 3 is 2.37 bits per heavy atom. The number of amides is 2. The Kier molecular flexibility index (Phi) is 7.15. The Hall–Kier alpha value is -3.68. The summed E-state index contributed by atoms with van der Waals surface area (Å²) in [6, 6.07) is 14.6. The van der Waals surface area contributed by atoms with Crippen molar-refractivity contribution < 1.29 is 9.59 Å². The van der Waals surface area contributed by atoms with E-state index in [0.29, 0.717) is 11.3 Å². The quantitative estimate of drug-likeness (QED) is 0.570. The standard InChI is InChI=1S/C22H26N6O2/c1-3-13-27(4-2)19-9-5-17(6-10-19)22(30)24-14-21(29)26-18-7-11-20(12-8-18)28-16-23-15-25-28/h5-12,15-16H,3-4,13-14H2,1-2H3,(H,24,30)(H,26,29). The predicted octanol–water partition coefficient (Wildman–Crippen LogP) is 2.87. The molecule has 8 heteroatoms. The monoisotopic (exact) mass is 406 g/mol. The molecule has 2 aromatic carbocycles. The van der Waals surface area contributed by atoms with Gasteiger partial charge in [0, 0.05) is 30.0 Å². The smallest absolute Gasteiger partial charge is 0.251 e. The molecule has 1 heterocycles. The lowest BCUT2D eigenvalue weighted by Gasteiger charge is -2.22. The molecule has 3 rings (SSSR count). The largest absolute Gasteiger partial charge is 0.372 e. The maximum atomic E-state index is 12.3. The zero-order chi connectivity index (χ0) is 21.3. The maximum Gasteiger partial charge on any atom is 0.251 e. The minimum absolute atomic E-state index is 0.109. The Morgan fingerprint density at radius 1 is 1.03 bits per heavy atom. The normalized spacial score (nSPS) is 10.5. The van der Waals surface area contributed by atoms with Crippen molar-refractivity contribution in [3.8, 4) is 5.69 Å². The summed E-state index contributed by atoms with van der Waals surface area (Å²) in [4.78, 5) is 30.6. The number of benzene rings is 2. The third kappa shape index (κ3) is 5.44. The van der Waals surface area contributed by atoms with Crippen molar-refractivity contribution >= 4 is 23.2 Å². The number of carbonyl (C=O) groups is 2. The fraction of sp³-hybridized carbons (Fsp3) is 0.273. The van der Waals surface area contributed by atoms with Gasteiger partial charge < -0.3 is 15.5 Å². The van der Waals surface area contributed by atoms with Crippen LogP contribution >= 0.6 is 0 Å². The third-order valence-corrected chi connectivity index (χ3v) is 4.61. The lowest BCUT2D eigenvalue weighted by atomic mass is 10.1. The molecule has 30 heavy (non-hydrogen) atoms. The number of rotatable bonds is 9. The number of hydrogen-bond donors (Lipinski definition) is 2. The van der Waals surface area contributed by atoms with Gasteiger partial charge in [-0.25, -0.2) is 9.67 Å². The van der Waals surface area contributed by atoms with Crippen LogP contribution < -0.4 is 15.5 Å². The van der Waals surface area contributed by atoms with Crippen LogP contribution in [0.4, 0.5) is 11.4 Å². The Morgan fingerprint density at radius 2 is 1.77 bits per heavy atom. The summed E-state index contributed by atoms with van der Waals surface area (Å²) in [7, 11) is 0. The van der Waals surface area contributed by atoms with Crippen molar-refractivity contribution in [1.82, 2.24) is 20.1 Å². The molecule has 1 aromatic heterocycles. The Bertz CT molecular complexity index is 952. The van der Waals surface area contributed by atoms with E-state index in [9.17, 15) is 9.59 Å². The summed E-state index contributed by atoms with van der Waals surface area (Å²) in [5.74, 6) is -0.578. The molecule has 0 atom stereocenters. The molecule has 0 aliphatic carbocycles. The van der Waals surface area contributed by atoms with Crippen LogP contribution in [0.5, 0.6) is 0 Å². The van der Waals surface area contributed by atoms with Crippen molar-refractivity contribution in [3.63, 3.8) is 0 Å². The Labute approximate surface area is 175 Å². The number of carbonyl (C=O) groups excluding carboxylic acids is 2. The van der Waals surface area contributed by atoms with E-state index < -0.39 is 0 Å². The average Bonchev–Trinajstić information content (AvgIpc) is 3.31. The van der Waals surface area contributed by atoms with Gasteiger partial charge >= 0.3 is 0 Å². The molecule has 0 radical (unpaired) electrons. The first kappa shape index (κ1) is 21.0. The van der Waals surface area contributed by atoms with Gasteiger partial charge in [-0.05, 0) is 61.9 Å². The summed E-state index contributed by atoms with van der Waals surface area (Å²) < 4.78 is 1.62. The van der Waals surface area contributed by atoms with Crippen LogP contribution in [0.3, 0.4) is 0 Å². The van der Waals surface area contributed by atoms with Gasteiger partial charge in [0.2, 0.25) is 5.91 Å². The minimum Gasteiger partial charge on any atom is -0.372 e. The summed E-state index contributed by atoms with van der Waals surface area (Å²) >= 11 is 0. The van der Waals surface area contributed by atoms with Crippen molar-refractivity contribution in [2.75, 3.05) is 29.9 Å². The molecule has 0 aliphatic rings. The van der Waals surface area contributed by atoms with E-state index in [-0.39, 0.29) is 18.4 Å². The highest BCUT2D eigenvalue weighted by molar-refractivity contribution is 5.99. The van der Waals surface area contributed by atoms with Crippen molar-refractivity contribution in [3.05, 3.63) is 66.7 Å². The van der Waals surface area contributed by atoms with Gasteiger partial charge in [0.15, 0.2) is 0 Å². The third-order valence-electron chi connectivity index (χ3n) is 4.61. The summed E-state index contributed by atoms with van der Waals surface area (Å²) in [6.45, 7) is 6.03. The molecule has 2 amide bonds. The van der Waals surface area contributed by atoms with Crippen LogP contribution in [0.25, 0.3) is 5.69 Å². The molecular weight excluding hydrogens is 380 g/mol. The summed E-state index contributed by atoms with van der Waals surface area (Å²) in [6.07, 6.45) is 4.12. The van der Waals surface area contributed by atoms with Crippen LogP contribution in [0, 0.1) is 0 Å². The number of anilines is 2. The number of nitrogens with zero attached hydrogens (tertiary/aromatic N) is 4. The van der Waals surface area contributed by atoms with Crippen molar-refractivity contribution in [2.45, 2.75) is 20.3 Å². The molecule has 0 saturated carbocycles. The zero-order valence-electron chi connectivity index (χ0n) is 17.2.